The fourth-order valence-corrected chi connectivity index (χ4v) is 5.34. The third-order valence-corrected chi connectivity index (χ3v) is 7.00. The van der Waals surface area contributed by atoms with Crippen LogP contribution in [0.15, 0.2) is 76.7 Å². The average molecular weight is 501 g/mol. The van der Waals surface area contributed by atoms with Crippen LogP contribution < -0.4 is 4.74 Å². The zero-order valence-corrected chi connectivity index (χ0v) is 19.8. The Labute approximate surface area is 199 Å². The smallest absolute Gasteiger partial charge is 0.228 e. The molecule has 2 aromatic carbocycles. The highest BCUT2D eigenvalue weighted by Crippen LogP contribution is 2.50. The van der Waals surface area contributed by atoms with Crippen molar-refractivity contribution < 1.29 is 9.53 Å². The van der Waals surface area contributed by atoms with Gasteiger partial charge >= 0.3 is 0 Å². The number of allylic oxidation sites excluding steroid dienone is 2. The van der Waals surface area contributed by atoms with E-state index in [4.69, 9.17) is 9.72 Å². The summed E-state index contributed by atoms with van der Waals surface area (Å²) in [6.07, 6.45) is 2.81. The molecular weight excluding hydrogens is 480 g/mol. The van der Waals surface area contributed by atoms with E-state index in [2.05, 4.69) is 39.9 Å². The molecule has 0 saturated heterocycles. The Balaban J connectivity index is 1.61. The van der Waals surface area contributed by atoms with Crippen LogP contribution in [0, 0.1) is 5.41 Å². The summed E-state index contributed by atoms with van der Waals surface area (Å²) in [6, 6.07) is 17.9. The number of benzene rings is 2. The van der Waals surface area contributed by atoms with E-state index in [0.29, 0.717) is 35.8 Å². The van der Waals surface area contributed by atoms with Crippen LogP contribution in [0.5, 0.6) is 5.88 Å². The molecule has 0 spiro atoms. The molecule has 0 fully saturated rings. The van der Waals surface area contributed by atoms with Gasteiger partial charge in [-0.2, -0.15) is 0 Å². The summed E-state index contributed by atoms with van der Waals surface area (Å²) < 4.78 is 8.88. The molecule has 0 amide bonds. The van der Waals surface area contributed by atoms with Gasteiger partial charge in [0.05, 0.1) is 5.56 Å². The topological polar surface area (TPSA) is 69.4 Å². The van der Waals surface area contributed by atoms with Crippen LogP contribution >= 0.6 is 15.9 Å². The van der Waals surface area contributed by atoms with Crippen molar-refractivity contribution in [1.82, 2.24) is 19.6 Å². The highest BCUT2D eigenvalue weighted by atomic mass is 79.9. The van der Waals surface area contributed by atoms with Gasteiger partial charge in [-0.3, -0.25) is 4.79 Å². The maximum Gasteiger partial charge on any atom is 0.228 e. The number of fused-ring (bicyclic) bond motifs is 3. The zero-order valence-electron chi connectivity index (χ0n) is 18.2. The quantitative estimate of drug-likeness (QED) is 0.352. The first-order valence-electron chi connectivity index (χ1n) is 10.9. The molecule has 6 rings (SSSR count). The molecule has 7 heteroatoms. The lowest BCUT2D eigenvalue weighted by molar-refractivity contribution is -0.118. The Morgan fingerprint density at radius 2 is 1.82 bits per heavy atom. The van der Waals surface area contributed by atoms with E-state index in [1.807, 2.05) is 54.6 Å². The predicted octanol–water partition coefficient (Wildman–Crippen LogP) is 5.72. The lowest BCUT2D eigenvalue weighted by Crippen LogP contribution is -2.33. The molecule has 2 aliphatic rings. The Bertz CT molecular complexity index is 1460. The van der Waals surface area contributed by atoms with Crippen LogP contribution in [-0.2, 0) is 4.79 Å². The molecule has 1 atom stereocenters. The number of carbonyl (C=O) groups is 1. The summed E-state index contributed by atoms with van der Waals surface area (Å²) in [5.41, 5.74) is 3.89. The molecule has 1 aliphatic heterocycles. The van der Waals surface area contributed by atoms with Crippen molar-refractivity contribution in [1.29, 1.82) is 0 Å². The average Bonchev–Trinajstić information content (AvgIpc) is 3.22. The third-order valence-electron chi connectivity index (χ3n) is 6.31. The number of Topliss-reactive ketones (excluding diaryl/α,β-unsaturated/α-hetero) is 1. The van der Waals surface area contributed by atoms with E-state index in [0.717, 1.165) is 26.9 Å². The second kappa shape index (κ2) is 7.35. The van der Waals surface area contributed by atoms with Gasteiger partial charge in [0.15, 0.2) is 17.3 Å². The van der Waals surface area contributed by atoms with Crippen molar-refractivity contribution in [3.8, 4) is 17.3 Å². The highest BCUT2D eigenvalue weighted by molar-refractivity contribution is 9.10. The normalized spacial score (nSPS) is 19.2. The number of carbonyl (C=O) groups excluding carboxylic acids is 1. The zero-order chi connectivity index (χ0) is 22.7. The number of ether oxygens (including phenoxy) is 1. The first-order valence-corrected chi connectivity index (χ1v) is 11.7. The van der Waals surface area contributed by atoms with Gasteiger partial charge in [0.1, 0.15) is 12.1 Å². The van der Waals surface area contributed by atoms with Crippen LogP contribution in [0.3, 0.4) is 0 Å². The van der Waals surface area contributed by atoms with Crippen molar-refractivity contribution >= 4 is 27.4 Å². The maximum absolute atomic E-state index is 13.4. The Kier molecular flexibility index (Phi) is 4.52. The molecule has 0 bridgehead atoms. The van der Waals surface area contributed by atoms with Crippen molar-refractivity contribution in [2.75, 3.05) is 0 Å². The van der Waals surface area contributed by atoms with Crippen molar-refractivity contribution in [2.24, 2.45) is 5.41 Å². The number of hydrogen-bond donors (Lipinski definition) is 0. The van der Waals surface area contributed by atoms with Gasteiger partial charge in [-0.05, 0) is 23.1 Å². The van der Waals surface area contributed by atoms with Gasteiger partial charge in [-0.25, -0.2) is 14.5 Å². The first-order chi connectivity index (χ1) is 15.9. The molecule has 4 aromatic rings. The number of halogens is 1. The number of ketones is 1. The minimum atomic E-state index is -0.305. The summed E-state index contributed by atoms with van der Waals surface area (Å²) in [6.45, 7) is 4.20. The summed E-state index contributed by atoms with van der Waals surface area (Å²) >= 11 is 3.60. The standard InChI is InChI=1S/C26H21BrN4O2/c1-26(2)12-18(32)21-19(13-26)33-25-22(20(21)15-8-4-3-5-9-15)24-29-23(30-31(24)14-28-25)16-10-6-7-11-17(16)27/h3-11,14,20H,12-13H2,1-2H3. The number of nitrogens with zero attached hydrogens (tertiary/aromatic N) is 4. The van der Waals surface area contributed by atoms with Gasteiger partial charge in [-0.1, -0.05) is 72.2 Å². The number of rotatable bonds is 2. The maximum atomic E-state index is 13.4. The second-order valence-corrected chi connectivity index (χ2v) is 10.2. The summed E-state index contributed by atoms with van der Waals surface area (Å²) in [4.78, 5) is 22.9. The summed E-state index contributed by atoms with van der Waals surface area (Å²) in [7, 11) is 0. The highest BCUT2D eigenvalue weighted by Gasteiger charge is 2.43. The van der Waals surface area contributed by atoms with Crippen LogP contribution in [0.25, 0.3) is 17.0 Å². The van der Waals surface area contributed by atoms with Crippen LogP contribution in [-0.4, -0.2) is 25.4 Å². The Morgan fingerprint density at radius 3 is 2.61 bits per heavy atom. The lowest BCUT2D eigenvalue weighted by atomic mass is 9.70. The predicted molar refractivity (Wildman–Crippen MR) is 128 cm³/mol. The fraction of sp³-hybridized carbons (Fsp3) is 0.231. The molecule has 0 saturated carbocycles. The second-order valence-electron chi connectivity index (χ2n) is 9.37. The Hall–Kier alpha value is -3.32. The molecule has 0 N–H and O–H groups in total. The minimum Gasteiger partial charge on any atom is -0.442 e. The summed E-state index contributed by atoms with van der Waals surface area (Å²) in [5, 5.41) is 4.68. The van der Waals surface area contributed by atoms with Gasteiger partial charge in [0, 0.05) is 34.4 Å². The molecule has 2 aromatic heterocycles. The van der Waals surface area contributed by atoms with E-state index < -0.39 is 0 Å². The molecule has 0 radical (unpaired) electrons. The monoisotopic (exact) mass is 500 g/mol. The van der Waals surface area contributed by atoms with Gasteiger partial charge in [0.25, 0.3) is 0 Å². The molecule has 3 heterocycles. The SMILES string of the molecule is CC1(C)CC(=O)C2=C(C1)Oc1ncn3nc(-c4ccccc4Br)nc3c1C2c1ccccc1. The minimum absolute atomic E-state index is 0.119. The van der Waals surface area contributed by atoms with Crippen LogP contribution in [0.1, 0.15) is 43.7 Å². The van der Waals surface area contributed by atoms with Crippen molar-refractivity contribution in [2.45, 2.75) is 32.6 Å². The molecule has 33 heavy (non-hydrogen) atoms. The fourth-order valence-electron chi connectivity index (χ4n) is 4.88. The van der Waals surface area contributed by atoms with Crippen LogP contribution in [0.4, 0.5) is 0 Å². The third kappa shape index (κ3) is 3.30. The number of hydrogen-bond acceptors (Lipinski definition) is 5. The largest absolute Gasteiger partial charge is 0.442 e. The van der Waals surface area contributed by atoms with E-state index in [1.165, 1.54) is 0 Å². The van der Waals surface area contributed by atoms with Crippen molar-refractivity contribution in [3.05, 3.63) is 87.9 Å². The first kappa shape index (κ1) is 20.3. The lowest BCUT2D eigenvalue weighted by Gasteiger charge is -2.37. The molecule has 164 valence electrons. The van der Waals surface area contributed by atoms with E-state index in [-0.39, 0.29) is 17.1 Å². The van der Waals surface area contributed by atoms with E-state index in [9.17, 15) is 4.79 Å². The molecular formula is C26H21BrN4O2. The van der Waals surface area contributed by atoms with Gasteiger partial charge in [-0.15, -0.1) is 5.10 Å². The van der Waals surface area contributed by atoms with E-state index in [1.54, 1.807) is 10.8 Å². The van der Waals surface area contributed by atoms with Crippen molar-refractivity contribution in [3.63, 3.8) is 0 Å². The molecule has 1 unspecified atom stereocenters. The summed E-state index contributed by atoms with van der Waals surface area (Å²) in [5.74, 6) is 1.61. The molecule has 1 aliphatic carbocycles. The van der Waals surface area contributed by atoms with E-state index >= 15 is 0 Å². The molecule has 6 nitrogen and oxygen atoms in total. The van der Waals surface area contributed by atoms with Gasteiger partial charge < -0.3 is 4.74 Å². The number of aromatic nitrogens is 4. The Morgan fingerprint density at radius 1 is 1.06 bits per heavy atom. The van der Waals surface area contributed by atoms with Gasteiger partial charge in [0.2, 0.25) is 5.88 Å². The van der Waals surface area contributed by atoms with Crippen LogP contribution in [0.2, 0.25) is 0 Å².